The lowest BCUT2D eigenvalue weighted by atomic mass is 10.2. The molecule has 0 unspecified atom stereocenters. The summed E-state index contributed by atoms with van der Waals surface area (Å²) in [7, 11) is 0. The monoisotopic (exact) mass is 195 g/mol. The molecule has 0 aliphatic carbocycles. The minimum Gasteiger partial charge on any atom is -0.402 e. The third kappa shape index (κ3) is 2.09. The molecule has 1 aromatic rings. The van der Waals surface area contributed by atoms with Crippen LogP contribution in [0.3, 0.4) is 0 Å². The smallest absolute Gasteiger partial charge is 0.0661 e. The fraction of sp³-hybridized carbons (Fsp3) is 0.400. The van der Waals surface area contributed by atoms with E-state index < -0.39 is 0 Å². The normalized spacial score (nSPS) is 12.1. The predicted octanol–water partition coefficient (Wildman–Crippen LogP) is 0.691. The fourth-order valence-electron chi connectivity index (χ4n) is 1.40. The van der Waals surface area contributed by atoms with Crippen LogP contribution in [0.1, 0.15) is 18.2 Å². The van der Waals surface area contributed by atoms with Gasteiger partial charge in [0.25, 0.3) is 0 Å². The Labute approximate surface area is 83.8 Å². The summed E-state index contributed by atoms with van der Waals surface area (Å²) in [5, 5.41) is 8.86. The van der Waals surface area contributed by atoms with Crippen molar-refractivity contribution in [3.63, 3.8) is 0 Å². The van der Waals surface area contributed by atoms with Gasteiger partial charge in [-0.1, -0.05) is 0 Å². The Hall–Kier alpha value is -1.42. The first kappa shape index (κ1) is 10.7. The molecule has 4 heteroatoms. The highest BCUT2D eigenvalue weighted by Gasteiger charge is 2.07. The number of aromatic nitrogens is 1. The van der Waals surface area contributed by atoms with Crippen molar-refractivity contribution in [2.24, 2.45) is 5.73 Å². The molecule has 78 valence electrons. The van der Waals surface area contributed by atoms with Crippen molar-refractivity contribution < 1.29 is 5.11 Å². The van der Waals surface area contributed by atoms with Crippen molar-refractivity contribution in [3.8, 4) is 0 Å². The molecule has 4 nitrogen and oxygen atoms in total. The summed E-state index contributed by atoms with van der Waals surface area (Å²) in [6.45, 7) is 4.38. The van der Waals surface area contributed by atoms with Crippen molar-refractivity contribution in [3.05, 3.63) is 23.2 Å². The zero-order valence-corrected chi connectivity index (χ0v) is 8.62. The second-order valence-electron chi connectivity index (χ2n) is 3.42. The highest BCUT2D eigenvalue weighted by Crippen LogP contribution is 2.21. The van der Waals surface area contributed by atoms with Crippen LogP contribution in [-0.4, -0.2) is 16.3 Å². The van der Waals surface area contributed by atoms with Crippen LogP contribution in [0.5, 0.6) is 0 Å². The highest BCUT2D eigenvalue weighted by atomic mass is 16.3. The maximum atomic E-state index is 8.86. The minimum absolute atomic E-state index is 0.0953. The van der Waals surface area contributed by atoms with Crippen molar-refractivity contribution >= 4 is 11.8 Å². The van der Waals surface area contributed by atoms with Crippen LogP contribution < -0.4 is 11.5 Å². The van der Waals surface area contributed by atoms with Crippen LogP contribution in [0, 0.1) is 6.92 Å². The van der Waals surface area contributed by atoms with Crippen LogP contribution in [0.4, 0.5) is 5.69 Å². The quantitative estimate of drug-likeness (QED) is 0.664. The Morgan fingerprint density at radius 1 is 1.64 bits per heavy atom. The maximum absolute atomic E-state index is 8.86. The molecule has 0 bridgehead atoms. The fourth-order valence-corrected chi connectivity index (χ4v) is 1.40. The molecule has 0 fully saturated rings. The summed E-state index contributed by atoms with van der Waals surface area (Å²) in [6, 6.07) is 0. The molecule has 0 amide bonds. The number of allylic oxidation sites excluding steroid dienone is 1. The Bertz CT molecular complexity index is 348. The molecule has 0 spiro atoms. The van der Waals surface area contributed by atoms with Gasteiger partial charge in [0, 0.05) is 18.4 Å². The highest BCUT2D eigenvalue weighted by molar-refractivity contribution is 5.66. The van der Waals surface area contributed by atoms with Crippen molar-refractivity contribution in [2.75, 3.05) is 12.3 Å². The van der Waals surface area contributed by atoms with Crippen LogP contribution >= 0.6 is 0 Å². The van der Waals surface area contributed by atoms with E-state index in [2.05, 4.69) is 0 Å². The topological polar surface area (TPSA) is 77.2 Å². The second-order valence-corrected chi connectivity index (χ2v) is 3.42. The third-order valence-corrected chi connectivity index (χ3v) is 2.07. The molecule has 0 aliphatic heterocycles. The lowest BCUT2D eigenvalue weighted by Crippen LogP contribution is -2.04. The SMILES string of the molecule is C/C(N)=C/c1c(N)c(C)cn1CCO. The molecule has 1 heterocycles. The van der Waals surface area contributed by atoms with E-state index in [1.165, 1.54) is 0 Å². The molecule has 1 rings (SSSR count). The van der Waals surface area contributed by atoms with Gasteiger partial charge in [-0.2, -0.15) is 0 Å². The first-order valence-electron chi connectivity index (χ1n) is 4.56. The molecule has 0 aliphatic rings. The zero-order chi connectivity index (χ0) is 10.7. The summed E-state index contributed by atoms with van der Waals surface area (Å²) in [5.74, 6) is 0. The standard InChI is InChI=1S/C10H17N3O/c1-7-6-13(3-4-14)9(10(7)12)5-8(2)11/h5-6,14H,3-4,11-12H2,1-2H3/b8-5-. The first-order valence-corrected chi connectivity index (χ1v) is 4.56. The van der Waals surface area contributed by atoms with Gasteiger partial charge in [0.05, 0.1) is 18.0 Å². The molecule has 0 saturated carbocycles. The number of nitrogens with zero attached hydrogens (tertiary/aromatic N) is 1. The summed E-state index contributed by atoms with van der Waals surface area (Å²) in [5.41, 5.74) is 14.8. The van der Waals surface area contributed by atoms with Gasteiger partial charge in [-0.05, 0) is 25.5 Å². The van der Waals surface area contributed by atoms with E-state index >= 15 is 0 Å². The number of aliphatic hydroxyl groups is 1. The van der Waals surface area contributed by atoms with E-state index in [1.807, 2.05) is 30.7 Å². The van der Waals surface area contributed by atoms with Gasteiger partial charge in [-0.25, -0.2) is 0 Å². The second kappa shape index (κ2) is 4.19. The van der Waals surface area contributed by atoms with Gasteiger partial charge >= 0.3 is 0 Å². The number of hydrogen-bond acceptors (Lipinski definition) is 3. The van der Waals surface area contributed by atoms with Crippen LogP contribution in [-0.2, 0) is 6.54 Å². The molecule has 14 heavy (non-hydrogen) atoms. The summed E-state index contributed by atoms with van der Waals surface area (Å²) < 4.78 is 1.90. The summed E-state index contributed by atoms with van der Waals surface area (Å²) in [6.07, 6.45) is 3.73. The van der Waals surface area contributed by atoms with E-state index in [-0.39, 0.29) is 6.61 Å². The van der Waals surface area contributed by atoms with Gasteiger partial charge < -0.3 is 21.1 Å². The number of nitrogen functional groups attached to an aromatic ring is 1. The van der Waals surface area contributed by atoms with E-state index in [1.54, 1.807) is 0 Å². The lowest BCUT2D eigenvalue weighted by molar-refractivity contribution is 0.276. The molecule has 1 aromatic heterocycles. The summed E-state index contributed by atoms with van der Waals surface area (Å²) >= 11 is 0. The van der Waals surface area contributed by atoms with Gasteiger partial charge in [-0.3, -0.25) is 0 Å². The Balaban J connectivity index is 3.16. The van der Waals surface area contributed by atoms with Crippen LogP contribution in [0.2, 0.25) is 0 Å². The van der Waals surface area contributed by atoms with Crippen molar-refractivity contribution in [2.45, 2.75) is 20.4 Å². The largest absolute Gasteiger partial charge is 0.402 e. The molecule has 0 aromatic carbocycles. The average molecular weight is 195 g/mol. The van der Waals surface area contributed by atoms with Gasteiger partial charge in [0.15, 0.2) is 0 Å². The van der Waals surface area contributed by atoms with Gasteiger partial charge in [0.1, 0.15) is 0 Å². The zero-order valence-electron chi connectivity index (χ0n) is 8.62. The van der Waals surface area contributed by atoms with E-state index in [0.717, 1.165) is 16.9 Å². The number of hydrogen-bond donors (Lipinski definition) is 3. The number of nitrogens with two attached hydrogens (primary N) is 2. The van der Waals surface area contributed by atoms with Crippen molar-refractivity contribution in [1.29, 1.82) is 0 Å². The maximum Gasteiger partial charge on any atom is 0.0661 e. The molecule has 0 radical (unpaired) electrons. The Morgan fingerprint density at radius 3 is 2.79 bits per heavy atom. The van der Waals surface area contributed by atoms with Gasteiger partial charge in [0.2, 0.25) is 0 Å². The third-order valence-electron chi connectivity index (χ3n) is 2.07. The number of anilines is 1. The number of aliphatic hydroxyl groups excluding tert-OH is 1. The molecule has 0 atom stereocenters. The minimum atomic E-state index is 0.0953. The van der Waals surface area contributed by atoms with Crippen molar-refractivity contribution in [1.82, 2.24) is 4.57 Å². The van der Waals surface area contributed by atoms with Crippen LogP contribution in [0.15, 0.2) is 11.9 Å². The molecule has 5 N–H and O–H groups in total. The average Bonchev–Trinajstić information content (AvgIpc) is 2.33. The van der Waals surface area contributed by atoms with Gasteiger partial charge in [-0.15, -0.1) is 0 Å². The Kier molecular flexibility index (Phi) is 3.19. The van der Waals surface area contributed by atoms with E-state index in [4.69, 9.17) is 16.6 Å². The van der Waals surface area contributed by atoms with E-state index in [0.29, 0.717) is 12.2 Å². The molecular weight excluding hydrogens is 178 g/mol. The van der Waals surface area contributed by atoms with Crippen LogP contribution in [0.25, 0.3) is 6.08 Å². The molecular formula is C10H17N3O. The first-order chi connectivity index (χ1) is 6.56. The predicted molar refractivity (Wildman–Crippen MR) is 58.5 cm³/mol. The number of rotatable bonds is 3. The summed E-state index contributed by atoms with van der Waals surface area (Å²) in [4.78, 5) is 0. The lowest BCUT2D eigenvalue weighted by Gasteiger charge is -2.04. The number of aryl methyl sites for hydroxylation is 1. The molecule has 0 saturated heterocycles. The Morgan fingerprint density at radius 2 is 2.29 bits per heavy atom. The van der Waals surface area contributed by atoms with E-state index in [9.17, 15) is 0 Å².